The molecule has 11 heavy (non-hydrogen) atoms. The number of nitrogens with one attached hydrogen (secondary N) is 2. The lowest BCUT2D eigenvalue weighted by Gasteiger charge is -2.02. The second kappa shape index (κ2) is 3.72. The molecule has 0 heterocycles. The molecular formula is C8H16N2O. The topological polar surface area (TPSA) is 41.1 Å². The van der Waals surface area contributed by atoms with Crippen LogP contribution in [-0.2, 0) is 4.79 Å². The third kappa shape index (κ3) is 2.89. The van der Waals surface area contributed by atoms with Crippen LogP contribution in [0, 0.1) is 11.8 Å². The van der Waals surface area contributed by atoms with Crippen LogP contribution < -0.4 is 10.6 Å². The highest BCUT2D eigenvalue weighted by Crippen LogP contribution is 2.36. The van der Waals surface area contributed by atoms with Gasteiger partial charge >= 0.3 is 0 Å². The van der Waals surface area contributed by atoms with E-state index in [0.29, 0.717) is 6.54 Å². The molecule has 64 valence electrons. The average molecular weight is 156 g/mol. The number of carbonyl (C=O) groups excluding carboxylic acids is 1. The van der Waals surface area contributed by atoms with Crippen molar-refractivity contribution in [2.24, 2.45) is 11.8 Å². The van der Waals surface area contributed by atoms with Gasteiger partial charge in [-0.1, -0.05) is 6.92 Å². The van der Waals surface area contributed by atoms with Crippen molar-refractivity contribution >= 4 is 5.91 Å². The van der Waals surface area contributed by atoms with Gasteiger partial charge in [0.25, 0.3) is 0 Å². The normalized spacial score (nSPS) is 28.2. The lowest BCUT2D eigenvalue weighted by molar-refractivity contribution is -0.120. The highest BCUT2D eigenvalue weighted by molar-refractivity contribution is 5.77. The maximum atomic E-state index is 10.9. The quantitative estimate of drug-likeness (QED) is 0.600. The number of rotatable bonds is 4. The first-order valence-corrected chi connectivity index (χ1v) is 4.15. The van der Waals surface area contributed by atoms with Crippen molar-refractivity contribution in [2.45, 2.75) is 13.3 Å². The minimum absolute atomic E-state index is 0.103. The van der Waals surface area contributed by atoms with Crippen LogP contribution >= 0.6 is 0 Å². The SMILES string of the molecule is CNCC(=O)NCC1CC1C. The fourth-order valence-corrected chi connectivity index (χ4v) is 1.15. The van der Waals surface area contributed by atoms with Gasteiger partial charge in [0, 0.05) is 6.54 Å². The molecule has 1 saturated carbocycles. The van der Waals surface area contributed by atoms with Gasteiger partial charge in [0.1, 0.15) is 0 Å². The molecule has 0 aromatic carbocycles. The number of hydrogen-bond acceptors (Lipinski definition) is 2. The Bertz CT molecular complexity index is 147. The summed E-state index contributed by atoms with van der Waals surface area (Å²) in [6, 6.07) is 0. The first-order chi connectivity index (χ1) is 5.24. The number of amides is 1. The molecule has 1 aliphatic rings. The van der Waals surface area contributed by atoms with Gasteiger partial charge in [-0.2, -0.15) is 0 Å². The zero-order valence-electron chi connectivity index (χ0n) is 7.18. The predicted octanol–water partition coefficient (Wildman–Crippen LogP) is -0.0220. The Morgan fingerprint density at radius 1 is 1.64 bits per heavy atom. The molecule has 0 bridgehead atoms. The Labute approximate surface area is 67.5 Å². The zero-order valence-corrected chi connectivity index (χ0v) is 7.18. The molecule has 1 amide bonds. The van der Waals surface area contributed by atoms with Crippen LogP contribution in [0.1, 0.15) is 13.3 Å². The van der Waals surface area contributed by atoms with Crippen LogP contribution in [0.15, 0.2) is 0 Å². The van der Waals surface area contributed by atoms with Gasteiger partial charge in [0.05, 0.1) is 6.54 Å². The largest absolute Gasteiger partial charge is 0.355 e. The van der Waals surface area contributed by atoms with Gasteiger partial charge in [-0.15, -0.1) is 0 Å². The fraction of sp³-hybridized carbons (Fsp3) is 0.875. The zero-order chi connectivity index (χ0) is 8.27. The van der Waals surface area contributed by atoms with Crippen molar-refractivity contribution in [2.75, 3.05) is 20.1 Å². The third-order valence-electron chi connectivity index (χ3n) is 2.17. The highest BCUT2D eigenvalue weighted by Gasteiger charge is 2.32. The molecule has 1 aliphatic carbocycles. The van der Waals surface area contributed by atoms with E-state index >= 15 is 0 Å². The molecule has 0 aromatic rings. The minimum atomic E-state index is 0.103. The average Bonchev–Trinajstić information content (AvgIpc) is 2.63. The van der Waals surface area contributed by atoms with Gasteiger partial charge in [-0.05, 0) is 25.3 Å². The second-order valence-electron chi connectivity index (χ2n) is 3.31. The van der Waals surface area contributed by atoms with Gasteiger partial charge in [0.2, 0.25) is 5.91 Å². The number of carbonyl (C=O) groups is 1. The van der Waals surface area contributed by atoms with E-state index < -0.39 is 0 Å². The van der Waals surface area contributed by atoms with E-state index in [0.717, 1.165) is 18.4 Å². The Morgan fingerprint density at radius 2 is 2.27 bits per heavy atom. The Balaban J connectivity index is 1.98. The van der Waals surface area contributed by atoms with E-state index in [4.69, 9.17) is 0 Å². The molecule has 3 nitrogen and oxygen atoms in total. The molecule has 0 aliphatic heterocycles. The van der Waals surface area contributed by atoms with Crippen molar-refractivity contribution in [1.29, 1.82) is 0 Å². The lowest BCUT2D eigenvalue weighted by atomic mass is 10.3. The van der Waals surface area contributed by atoms with Crippen LogP contribution in [0.4, 0.5) is 0 Å². The summed E-state index contributed by atoms with van der Waals surface area (Å²) in [6.45, 7) is 3.51. The molecule has 0 saturated heterocycles. The summed E-state index contributed by atoms with van der Waals surface area (Å²) >= 11 is 0. The van der Waals surface area contributed by atoms with E-state index in [9.17, 15) is 4.79 Å². The Hall–Kier alpha value is -0.570. The van der Waals surface area contributed by atoms with E-state index in [1.807, 2.05) is 0 Å². The molecule has 0 radical (unpaired) electrons. The molecule has 0 aromatic heterocycles. The maximum absolute atomic E-state index is 10.9. The molecule has 2 N–H and O–H groups in total. The summed E-state index contributed by atoms with van der Waals surface area (Å²) < 4.78 is 0. The van der Waals surface area contributed by atoms with E-state index in [2.05, 4.69) is 17.6 Å². The van der Waals surface area contributed by atoms with Gasteiger partial charge in [-0.25, -0.2) is 0 Å². The summed E-state index contributed by atoms with van der Waals surface area (Å²) in [5, 5.41) is 5.69. The number of likely N-dealkylation sites (N-methyl/N-ethyl adjacent to an activating group) is 1. The fourth-order valence-electron chi connectivity index (χ4n) is 1.15. The van der Waals surface area contributed by atoms with Crippen molar-refractivity contribution in [1.82, 2.24) is 10.6 Å². The van der Waals surface area contributed by atoms with Crippen molar-refractivity contribution in [3.05, 3.63) is 0 Å². The molecule has 3 heteroatoms. The summed E-state index contributed by atoms with van der Waals surface area (Å²) in [5.74, 6) is 1.67. The minimum Gasteiger partial charge on any atom is -0.355 e. The van der Waals surface area contributed by atoms with Gasteiger partial charge in [-0.3, -0.25) is 4.79 Å². The molecular weight excluding hydrogens is 140 g/mol. The summed E-state index contributed by atoms with van der Waals surface area (Å²) in [5.41, 5.74) is 0. The Kier molecular flexibility index (Phi) is 2.88. The van der Waals surface area contributed by atoms with Crippen molar-refractivity contribution in [3.8, 4) is 0 Å². The van der Waals surface area contributed by atoms with Crippen molar-refractivity contribution in [3.63, 3.8) is 0 Å². The van der Waals surface area contributed by atoms with Gasteiger partial charge < -0.3 is 10.6 Å². The third-order valence-corrected chi connectivity index (χ3v) is 2.17. The maximum Gasteiger partial charge on any atom is 0.233 e. The van der Waals surface area contributed by atoms with E-state index in [-0.39, 0.29) is 5.91 Å². The molecule has 2 atom stereocenters. The smallest absolute Gasteiger partial charge is 0.233 e. The molecule has 1 rings (SSSR count). The van der Waals surface area contributed by atoms with Crippen LogP contribution in [0.5, 0.6) is 0 Å². The lowest BCUT2D eigenvalue weighted by Crippen LogP contribution is -2.33. The number of hydrogen-bond donors (Lipinski definition) is 2. The van der Waals surface area contributed by atoms with Gasteiger partial charge in [0.15, 0.2) is 0 Å². The van der Waals surface area contributed by atoms with E-state index in [1.165, 1.54) is 6.42 Å². The molecule has 1 fully saturated rings. The van der Waals surface area contributed by atoms with Crippen molar-refractivity contribution < 1.29 is 4.79 Å². The van der Waals surface area contributed by atoms with E-state index in [1.54, 1.807) is 7.05 Å². The molecule has 0 spiro atoms. The predicted molar refractivity (Wildman–Crippen MR) is 44.2 cm³/mol. The first kappa shape index (κ1) is 8.53. The second-order valence-corrected chi connectivity index (χ2v) is 3.31. The standard InChI is InChI=1S/C8H16N2O/c1-6-3-7(6)4-10-8(11)5-9-2/h6-7,9H,3-5H2,1-2H3,(H,10,11). The monoisotopic (exact) mass is 156 g/mol. The molecule has 2 unspecified atom stereocenters. The van der Waals surface area contributed by atoms with Crippen LogP contribution in [0.3, 0.4) is 0 Å². The highest BCUT2D eigenvalue weighted by atomic mass is 16.1. The van der Waals surface area contributed by atoms with Crippen LogP contribution in [-0.4, -0.2) is 26.0 Å². The summed E-state index contributed by atoms with van der Waals surface area (Å²) in [7, 11) is 1.78. The first-order valence-electron chi connectivity index (χ1n) is 4.15. The Morgan fingerprint density at radius 3 is 2.73 bits per heavy atom. The van der Waals surface area contributed by atoms with Crippen LogP contribution in [0.2, 0.25) is 0 Å². The summed E-state index contributed by atoms with van der Waals surface area (Å²) in [4.78, 5) is 10.9. The van der Waals surface area contributed by atoms with Crippen LogP contribution in [0.25, 0.3) is 0 Å². The summed E-state index contributed by atoms with van der Waals surface area (Å²) in [6.07, 6.45) is 1.28.